The SMILES string of the molecule is Cc1cc(C)cc(NC(N=C(N)N)=Nc2nccs2)c1. The summed E-state index contributed by atoms with van der Waals surface area (Å²) in [6.07, 6.45) is 1.67. The predicted octanol–water partition coefficient (Wildman–Crippen LogP) is 2.13. The van der Waals surface area contributed by atoms with Crippen molar-refractivity contribution >= 4 is 34.1 Å². The molecule has 0 aliphatic carbocycles. The Morgan fingerprint density at radius 3 is 2.45 bits per heavy atom. The zero-order valence-electron chi connectivity index (χ0n) is 11.3. The number of nitrogens with two attached hydrogens (primary N) is 2. The average Bonchev–Trinajstić information content (AvgIpc) is 2.79. The van der Waals surface area contributed by atoms with Crippen molar-refractivity contribution < 1.29 is 0 Å². The number of rotatable bonds is 2. The summed E-state index contributed by atoms with van der Waals surface area (Å²) in [7, 11) is 0. The van der Waals surface area contributed by atoms with Crippen LogP contribution in [0.15, 0.2) is 39.8 Å². The molecule has 1 aromatic carbocycles. The minimum Gasteiger partial charge on any atom is -0.370 e. The first-order valence-electron chi connectivity index (χ1n) is 5.96. The lowest BCUT2D eigenvalue weighted by Crippen LogP contribution is -2.26. The fourth-order valence-electron chi connectivity index (χ4n) is 1.74. The molecule has 104 valence electrons. The van der Waals surface area contributed by atoms with E-state index in [1.165, 1.54) is 11.3 Å². The first kappa shape index (κ1) is 14.0. The van der Waals surface area contributed by atoms with Crippen LogP contribution in [-0.2, 0) is 0 Å². The molecule has 0 bridgehead atoms. The summed E-state index contributed by atoms with van der Waals surface area (Å²) in [4.78, 5) is 12.3. The predicted molar refractivity (Wildman–Crippen MR) is 84.6 cm³/mol. The number of hydrogen-bond donors (Lipinski definition) is 3. The fourth-order valence-corrected chi connectivity index (χ4v) is 2.25. The normalized spacial score (nSPS) is 11.2. The van der Waals surface area contributed by atoms with Crippen LogP contribution in [0.25, 0.3) is 0 Å². The van der Waals surface area contributed by atoms with Crippen LogP contribution >= 0.6 is 11.3 Å². The molecule has 0 amide bonds. The molecule has 0 saturated carbocycles. The monoisotopic (exact) mass is 288 g/mol. The Bertz CT molecular complexity index is 621. The summed E-state index contributed by atoms with van der Waals surface area (Å²) in [6, 6.07) is 6.07. The van der Waals surface area contributed by atoms with Crippen LogP contribution in [0, 0.1) is 13.8 Å². The molecule has 0 unspecified atom stereocenters. The largest absolute Gasteiger partial charge is 0.370 e. The summed E-state index contributed by atoms with van der Waals surface area (Å²) in [6.45, 7) is 4.05. The molecule has 1 heterocycles. The number of aryl methyl sites for hydroxylation is 2. The molecule has 0 aliphatic heterocycles. The van der Waals surface area contributed by atoms with Crippen LogP contribution in [0.5, 0.6) is 0 Å². The van der Waals surface area contributed by atoms with Crippen molar-refractivity contribution in [3.63, 3.8) is 0 Å². The molecule has 2 rings (SSSR count). The lowest BCUT2D eigenvalue weighted by atomic mass is 10.1. The second-order valence-electron chi connectivity index (χ2n) is 4.29. The van der Waals surface area contributed by atoms with E-state index in [-0.39, 0.29) is 5.96 Å². The summed E-state index contributed by atoms with van der Waals surface area (Å²) in [5.74, 6) is 0.252. The summed E-state index contributed by atoms with van der Waals surface area (Å²) < 4.78 is 0. The number of aliphatic imine (C=N–C) groups is 2. The van der Waals surface area contributed by atoms with E-state index in [1.54, 1.807) is 6.20 Å². The van der Waals surface area contributed by atoms with Gasteiger partial charge >= 0.3 is 0 Å². The third-order valence-corrected chi connectivity index (χ3v) is 3.00. The van der Waals surface area contributed by atoms with Gasteiger partial charge in [0.2, 0.25) is 11.1 Å². The average molecular weight is 288 g/mol. The zero-order chi connectivity index (χ0) is 14.5. The molecule has 0 fully saturated rings. The Balaban J connectivity index is 2.31. The molecule has 0 radical (unpaired) electrons. The van der Waals surface area contributed by atoms with Crippen molar-refractivity contribution in [2.75, 3.05) is 5.32 Å². The van der Waals surface area contributed by atoms with Gasteiger partial charge in [0, 0.05) is 17.3 Å². The van der Waals surface area contributed by atoms with Gasteiger partial charge < -0.3 is 16.8 Å². The summed E-state index contributed by atoms with van der Waals surface area (Å²) in [5, 5.41) is 5.52. The van der Waals surface area contributed by atoms with Crippen LogP contribution in [0.2, 0.25) is 0 Å². The van der Waals surface area contributed by atoms with Gasteiger partial charge in [-0.05, 0) is 37.1 Å². The topological polar surface area (TPSA) is 102 Å². The van der Waals surface area contributed by atoms with Crippen molar-refractivity contribution in [1.82, 2.24) is 4.98 Å². The Labute approximate surface area is 121 Å². The van der Waals surface area contributed by atoms with E-state index in [1.807, 2.05) is 31.4 Å². The molecule has 0 atom stereocenters. The first-order valence-corrected chi connectivity index (χ1v) is 6.84. The van der Waals surface area contributed by atoms with E-state index in [2.05, 4.69) is 26.4 Å². The molecular formula is C13H16N6S. The number of nitrogens with zero attached hydrogens (tertiary/aromatic N) is 3. The van der Waals surface area contributed by atoms with E-state index < -0.39 is 0 Å². The fraction of sp³-hybridized carbons (Fsp3) is 0.154. The number of hydrogen-bond acceptors (Lipinski definition) is 3. The van der Waals surface area contributed by atoms with Crippen LogP contribution in [0.4, 0.5) is 10.8 Å². The third-order valence-electron chi connectivity index (χ3n) is 2.33. The Morgan fingerprint density at radius 1 is 1.20 bits per heavy atom. The van der Waals surface area contributed by atoms with Gasteiger partial charge in [0.25, 0.3) is 0 Å². The molecule has 0 saturated heterocycles. The molecule has 1 aromatic heterocycles. The van der Waals surface area contributed by atoms with Gasteiger partial charge in [-0.2, -0.15) is 9.98 Å². The van der Waals surface area contributed by atoms with Crippen molar-refractivity contribution in [3.05, 3.63) is 40.9 Å². The smallest absolute Gasteiger partial charge is 0.233 e. The van der Waals surface area contributed by atoms with Crippen molar-refractivity contribution in [2.24, 2.45) is 21.5 Å². The van der Waals surface area contributed by atoms with Gasteiger partial charge in [0.15, 0.2) is 5.96 Å². The van der Waals surface area contributed by atoms with Crippen molar-refractivity contribution in [2.45, 2.75) is 13.8 Å². The van der Waals surface area contributed by atoms with Crippen molar-refractivity contribution in [3.8, 4) is 0 Å². The van der Waals surface area contributed by atoms with E-state index in [0.29, 0.717) is 11.1 Å². The summed E-state index contributed by atoms with van der Waals surface area (Å²) >= 11 is 1.41. The van der Waals surface area contributed by atoms with Gasteiger partial charge in [-0.3, -0.25) is 0 Å². The van der Waals surface area contributed by atoms with Crippen LogP contribution < -0.4 is 16.8 Å². The number of aromatic nitrogens is 1. The highest BCUT2D eigenvalue weighted by Gasteiger charge is 2.03. The molecule has 6 nitrogen and oxygen atoms in total. The van der Waals surface area contributed by atoms with E-state index in [9.17, 15) is 0 Å². The maximum Gasteiger partial charge on any atom is 0.233 e. The lowest BCUT2D eigenvalue weighted by Gasteiger charge is -2.08. The lowest BCUT2D eigenvalue weighted by molar-refractivity contribution is 1.32. The number of benzene rings is 1. The van der Waals surface area contributed by atoms with E-state index in [4.69, 9.17) is 11.5 Å². The van der Waals surface area contributed by atoms with Gasteiger partial charge in [0.05, 0.1) is 0 Å². The van der Waals surface area contributed by atoms with Crippen LogP contribution in [-0.4, -0.2) is 16.9 Å². The van der Waals surface area contributed by atoms with Gasteiger partial charge in [0.1, 0.15) is 0 Å². The maximum atomic E-state index is 5.43. The minimum absolute atomic E-state index is 0.0582. The number of thiazole rings is 1. The van der Waals surface area contributed by atoms with Crippen LogP contribution in [0.1, 0.15) is 11.1 Å². The zero-order valence-corrected chi connectivity index (χ0v) is 12.1. The highest BCUT2D eigenvalue weighted by Crippen LogP contribution is 2.17. The highest BCUT2D eigenvalue weighted by atomic mass is 32.1. The van der Waals surface area contributed by atoms with E-state index >= 15 is 0 Å². The molecule has 5 N–H and O–H groups in total. The van der Waals surface area contributed by atoms with Crippen LogP contribution in [0.3, 0.4) is 0 Å². The maximum absolute atomic E-state index is 5.43. The standard InChI is InChI=1S/C13H16N6S/c1-8-5-9(2)7-10(6-8)17-12(18-11(14)15)19-13-16-3-4-20-13/h3-7H,1-2H3,(H5,14,15,16,17,18,19). The van der Waals surface area contributed by atoms with Gasteiger partial charge in [-0.15, -0.1) is 11.3 Å². The number of nitrogens with one attached hydrogen (secondary N) is 1. The molecule has 0 spiro atoms. The first-order chi connectivity index (χ1) is 9.52. The highest BCUT2D eigenvalue weighted by molar-refractivity contribution is 7.13. The molecular weight excluding hydrogens is 272 g/mol. The van der Waals surface area contributed by atoms with Gasteiger partial charge in [-0.25, -0.2) is 4.98 Å². The van der Waals surface area contributed by atoms with Gasteiger partial charge in [-0.1, -0.05) is 6.07 Å². The molecule has 20 heavy (non-hydrogen) atoms. The second-order valence-corrected chi connectivity index (χ2v) is 5.16. The Kier molecular flexibility index (Phi) is 4.31. The Morgan fingerprint density at radius 2 is 1.90 bits per heavy atom. The molecule has 2 aromatic rings. The molecule has 7 heteroatoms. The minimum atomic E-state index is -0.0582. The van der Waals surface area contributed by atoms with Crippen molar-refractivity contribution in [1.29, 1.82) is 0 Å². The number of anilines is 1. The quantitative estimate of drug-likeness (QED) is 0.582. The molecule has 0 aliphatic rings. The summed E-state index contributed by atoms with van der Waals surface area (Å²) in [5.41, 5.74) is 14.0. The Hall–Kier alpha value is -2.41. The third kappa shape index (κ3) is 4.06. The second kappa shape index (κ2) is 6.16. The number of guanidine groups is 2. The van der Waals surface area contributed by atoms with E-state index in [0.717, 1.165) is 16.8 Å².